The minimum absolute atomic E-state index is 0.118. The van der Waals surface area contributed by atoms with Crippen LogP contribution in [0.15, 0.2) is 138 Å². The first-order valence-electron chi connectivity index (χ1n) is 15.5. The predicted molar refractivity (Wildman–Crippen MR) is 208 cm³/mol. The zero-order valence-corrected chi connectivity index (χ0v) is 30.3. The first-order chi connectivity index (χ1) is 25.5. The first-order valence-corrected chi connectivity index (χ1v) is 18.8. The largest absolute Gasteiger partial charge is 0.397 e. The SMILES string of the molecule is Cc1cc(N=Nc2ccc(S(=O)(=O)O)c3ccccc23)c(N)c(N=Nc2ccc(-c3ccc(N=Nc4c(S(=O)(=O)O)cc(N)c(Cl)c4N)cc3)cc2)c1N. The lowest BCUT2D eigenvalue weighted by molar-refractivity contribution is 0.481. The van der Waals surface area contributed by atoms with Crippen LogP contribution in [0, 0.1) is 6.92 Å². The lowest BCUT2D eigenvalue weighted by Gasteiger charge is -2.10. The van der Waals surface area contributed by atoms with Gasteiger partial charge in [0.05, 0.1) is 44.8 Å². The summed E-state index contributed by atoms with van der Waals surface area (Å²) >= 11 is 6.04. The van der Waals surface area contributed by atoms with Gasteiger partial charge >= 0.3 is 0 Å². The molecule has 10 N–H and O–H groups in total. The number of benzene rings is 6. The van der Waals surface area contributed by atoms with E-state index >= 15 is 0 Å². The number of azo groups is 3. The van der Waals surface area contributed by atoms with Gasteiger partial charge in [-0.25, -0.2) is 0 Å². The maximum absolute atomic E-state index is 11.9. The van der Waals surface area contributed by atoms with E-state index in [4.69, 9.17) is 34.5 Å². The van der Waals surface area contributed by atoms with Gasteiger partial charge in [0, 0.05) is 10.8 Å². The van der Waals surface area contributed by atoms with Crippen molar-refractivity contribution >= 4 is 99.5 Å². The van der Waals surface area contributed by atoms with Gasteiger partial charge in [-0.2, -0.15) is 27.1 Å². The number of rotatable bonds is 9. The minimum atomic E-state index is -4.72. The molecule has 19 heteroatoms. The first kappa shape index (κ1) is 37.4. The maximum atomic E-state index is 11.9. The van der Waals surface area contributed by atoms with Gasteiger partial charge < -0.3 is 22.9 Å². The van der Waals surface area contributed by atoms with Gasteiger partial charge in [0.2, 0.25) is 0 Å². The Morgan fingerprint density at radius 3 is 1.61 bits per heavy atom. The summed E-state index contributed by atoms with van der Waals surface area (Å²) in [4.78, 5) is -0.877. The number of nitrogen functional groups attached to an aromatic ring is 4. The summed E-state index contributed by atoms with van der Waals surface area (Å²) in [7, 11) is -9.19. The summed E-state index contributed by atoms with van der Waals surface area (Å²) in [6, 6.07) is 25.8. The molecular formula is C35H29ClN10O6S2. The van der Waals surface area contributed by atoms with E-state index in [0.29, 0.717) is 33.7 Å². The molecule has 0 saturated carbocycles. The molecule has 6 rings (SSSR count). The molecule has 0 aliphatic heterocycles. The fourth-order valence-electron chi connectivity index (χ4n) is 5.30. The molecule has 6 aromatic rings. The molecule has 54 heavy (non-hydrogen) atoms. The second-order valence-electron chi connectivity index (χ2n) is 11.7. The molecule has 0 radical (unpaired) electrons. The highest BCUT2D eigenvalue weighted by atomic mass is 35.5. The van der Waals surface area contributed by atoms with Gasteiger partial charge in [-0.05, 0) is 72.1 Å². The zero-order valence-electron chi connectivity index (χ0n) is 28.0. The van der Waals surface area contributed by atoms with Crippen LogP contribution in [0.2, 0.25) is 5.02 Å². The van der Waals surface area contributed by atoms with Gasteiger partial charge in [0.25, 0.3) is 20.2 Å². The second kappa shape index (κ2) is 14.6. The highest BCUT2D eigenvalue weighted by Gasteiger charge is 2.22. The number of hydrogen-bond donors (Lipinski definition) is 6. The lowest BCUT2D eigenvalue weighted by Crippen LogP contribution is -2.03. The van der Waals surface area contributed by atoms with Crippen molar-refractivity contribution in [3.05, 3.63) is 108 Å². The molecule has 0 atom stereocenters. The van der Waals surface area contributed by atoms with Gasteiger partial charge in [0.15, 0.2) is 0 Å². The van der Waals surface area contributed by atoms with Crippen LogP contribution in [0.4, 0.5) is 56.9 Å². The van der Waals surface area contributed by atoms with Crippen molar-refractivity contribution in [2.45, 2.75) is 16.7 Å². The Balaban J connectivity index is 1.21. The third-order valence-electron chi connectivity index (χ3n) is 8.11. The third-order valence-corrected chi connectivity index (χ3v) is 10.3. The molecule has 0 aliphatic carbocycles. The van der Waals surface area contributed by atoms with E-state index in [2.05, 4.69) is 30.7 Å². The van der Waals surface area contributed by atoms with Gasteiger partial charge in [-0.1, -0.05) is 60.1 Å². The normalized spacial score (nSPS) is 12.4. The van der Waals surface area contributed by atoms with E-state index in [0.717, 1.165) is 17.2 Å². The predicted octanol–water partition coefficient (Wildman–Crippen LogP) is 9.54. The maximum Gasteiger partial charge on any atom is 0.296 e. The monoisotopic (exact) mass is 784 g/mol. The van der Waals surface area contributed by atoms with E-state index in [1.807, 2.05) is 12.1 Å². The van der Waals surface area contributed by atoms with E-state index < -0.39 is 25.1 Å². The smallest absolute Gasteiger partial charge is 0.296 e. The van der Waals surface area contributed by atoms with Crippen molar-refractivity contribution in [3.8, 4) is 11.1 Å². The van der Waals surface area contributed by atoms with Crippen LogP contribution in [0.25, 0.3) is 21.9 Å². The molecule has 0 saturated heterocycles. The van der Waals surface area contributed by atoms with E-state index in [1.54, 1.807) is 73.7 Å². The fourth-order valence-corrected chi connectivity index (χ4v) is 6.81. The van der Waals surface area contributed by atoms with E-state index in [-0.39, 0.29) is 49.4 Å². The molecule has 0 aromatic heterocycles. The van der Waals surface area contributed by atoms with Crippen molar-refractivity contribution in [2.24, 2.45) is 30.7 Å². The number of aryl methyl sites for hydroxylation is 1. The van der Waals surface area contributed by atoms with Crippen molar-refractivity contribution < 1.29 is 25.9 Å². The van der Waals surface area contributed by atoms with E-state index in [1.165, 1.54) is 12.1 Å². The highest BCUT2D eigenvalue weighted by Crippen LogP contribution is 2.43. The zero-order chi connectivity index (χ0) is 38.9. The average molecular weight is 785 g/mol. The van der Waals surface area contributed by atoms with Gasteiger partial charge in [0.1, 0.15) is 26.9 Å². The molecule has 274 valence electrons. The van der Waals surface area contributed by atoms with Gasteiger partial charge in [-0.15, -0.1) is 20.5 Å². The topological polar surface area (TPSA) is 287 Å². The number of anilines is 4. The Labute approximate surface area is 313 Å². The van der Waals surface area contributed by atoms with Crippen molar-refractivity contribution in [3.63, 3.8) is 0 Å². The molecule has 0 aliphatic rings. The van der Waals surface area contributed by atoms with Crippen LogP contribution in [0.1, 0.15) is 5.56 Å². The Kier molecular flexibility index (Phi) is 10.1. The Hall–Kier alpha value is -6.31. The number of hydrogen-bond acceptors (Lipinski definition) is 14. The van der Waals surface area contributed by atoms with Gasteiger partial charge in [-0.3, -0.25) is 9.11 Å². The Morgan fingerprint density at radius 2 is 1.06 bits per heavy atom. The number of nitrogens with zero attached hydrogens (tertiary/aromatic N) is 6. The second-order valence-corrected chi connectivity index (χ2v) is 14.9. The highest BCUT2D eigenvalue weighted by molar-refractivity contribution is 7.86. The molecule has 0 unspecified atom stereocenters. The summed E-state index contributed by atoms with van der Waals surface area (Å²) < 4.78 is 66.7. The Morgan fingerprint density at radius 1 is 0.537 bits per heavy atom. The molecule has 0 bridgehead atoms. The summed E-state index contributed by atoms with van der Waals surface area (Å²) in [5.41, 5.74) is 27.9. The van der Waals surface area contributed by atoms with Crippen molar-refractivity contribution in [1.29, 1.82) is 0 Å². The third kappa shape index (κ3) is 7.72. The fraction of sp³-hybridized carbons (Fsp3) is 0.0286. The Bertz CT molecular complexity index is 2780. The molecule has 6 aromatic carbocycles. The van der Waals surface area contributed by atoms with Crippen LogP contribution < -0.4 is 22.9 Å². The molecule has 0 amide bonds. The molecular weight excluding hydrogens is 756 g/mol. The van der Waals surface area contributed by atoms with Crippen molar-refractivity contribution in [1.82, 2.24) is 0 Å². The number of fused-ring (bicyclic) bond motifs is 1. The summed E-state index contributed by atoms with van der Waals surface area (Å²) in [5, 5.41) is 25.8. The van der Waals surface area contributed by atoms with Crippen LogP contribution in [0.3, 0.4) is 0 Å². The standard InChI is InChI=1S/C35H29ClN10O6S2/c1-18-16-27(44-43-26-14-15-28(53(47,48)49)24-5-3-2-4-23(24)26)32(39)35(31(18)38)46-42-22-12-8-20(9-13-22)19-6-10-21(11-7-19)41-45-34-29(54(50,51)52)17-25(37)30(36)33(34)40/h2-17H,37-40H2,1H3,(H,47,48,49)(H,50,51,52). The van der Waals surface area contributed by atoms with Crippen LogP contribution in [0.5, 0.6) is 0 Å². The molecule has 0 heterocycles. The van der Waals surface area contributed by atoms with Crippen LogP contribution in [-0.4, -0.2) is 25.9 Å². The lowest BCUT2D eigenvalue weighted by atomic mass is 10.1. The van der Waals surface area contributed by atoms with E-state index in [9.17, 15) is 25.9 Å². The van der Waals surface area contributed by atoms with Crippen LogP contribution >= 0.6 is 11.6 Å². The van der Waals surface area contributed by atoms with Crippen molar-refractivity contribution in [2.75, 3.05) is 22.9 Å². The number of nitrogens with two attached hydrogens (primary N) is 4. The molecule has 0 fully saturated rings. The number of halogens is 1. The quantitative estimate of drug-likeness (QED) is 0.0458. The summed E-state index contributed by atoms with van der Waals surface area (Å²) in [6.45, 7) is 1.75. The molecule has 0 spiro atoms. The minimum Gasteiger partial charge on any atom is -0.397 e. The average Bonchev–Trinajstić information content (AvgIpc) is 3.13. The molecule has 16 nitrogen and oxygen atoms in total. The summed E-state index contributed by atoms with van der Waals surface area (Å²) in [6.07, 6.45) is 0. The van der Waals surface area contributed by atoms with Crippen LogP contribution in [-0.2, 0) is 20.2 Å². The summed E-state index contributed by atoms with van der Waals surface area (Å²) in [5.74, 6) is 0.